The molecule has 0 unspecified atom stereocenters. The molecular weight excluding hydrogens is 372 g/mol. The van der Waals surface area contributed by atoms with Gasteiger partial charge in [-0.15, -0.1) is 22.7 Å². The van der Waals surface area contributed by atoms with Gasteiger partial charge in [-0.1, -0.05) is 11.6 Å². The quantitative estimate of drug-likeness (QED) is 0.854. The Morgan fingerprint density at radius 2 is 2.29 bits per heavy atom. The third-order valence-corrected chi connectivity index (χ3v) is 5.85. The van der Waals surface area contributed by atoms with Crippen molar-refractivity contribution >= 4 is 46.2 Å². The van der Waals surface area contributed by atoms with Gasteiger partial charge < -0.3 is 14.7 Å². The van der Waals surface area contributed by atoms with Gasteiger partial charge in [0.15, 0.2) is 0 Å². The minimum absolute atomic E-state index is 0.0604. The standard InChI is InChI=1S/C15H15ClN2O4S2/c16-12-2-1-11(24-12)15-17-9(8-23-15)5-13(19)18-3-4-22-10(7-18)6-14(20)21/h1-2,8,10H,3-7H2,(H,20,21)/t10-/m0/s1. The Labute approximate surface area is 151 Å². The summed E-state index contributed by atoms with van der Waals surface area (Å²) in [5.74, 6) is -0.984. The average Bonchev–Trinajstić information content (AvgIpc) is 3.16. The number of amides is 1. The van der Waals surface area contributed by atoms with E-state index in [9.17, 15) is 9.59 Å². The molecule has 3 rings (SSSR count). The molecule has 1 N–H and O–H groups in total. The number of halogens is 1. The lowest BCUT2D eigenvalue weighted by atomic mass is 10.2. The lowest BCUT2D eigenvalue weighted by molar-refractivity contribution is -0.147. The van der Waals surface area contributed by atoms with Crippen LogP contribution in [0.15, 0.2) is 17.5 Å². The molecule has 0 spiro atoms. The van der Waals surface area contributed by atoms with Crippen molar-refractivity contribution in [1.82, 2.24) is 9.88 Å². The molecule has 1 fully saturated rings. The number of nitrogens with zero attached hydrogens (tertiary/aromatic N) is 2. The molecule has 2 aromatic rings. The second-order valence-corrected chi connectivity index (χ2v) is 7.93. The van der Waals surface area contributed by atoms with E-state index in [1.165, 1.54) is 22.7 Å². The third kappa shape index (κ3) is 4.32. The zero-order valence-electron chi connectivity index (χ0n) is 12.6. The molecule has 128 valence electrons. The van der Waals surface area contributed by atoms with Crippen molar-refractivity contribution in [1.29, 1.82) is 0 Å². The van der Waals surface area contributed by atoms with Gasteiger partial charge in [-0.25, -0.2) is 4.98 Å². The summed E-state index contributed by atoms with van der Waals surface area (Å²) in [6.07, 6.45) is -0.335. The Hall–Kier alpha value is -1.48. The highest BCUT2D eigenvalue weighted by atomic mass is 35.5. The molecule has 1 aliphatic heterocycles. The summed E-state index contributed by atoms with van der Waals surface area (Å²) in [7, 11) is 0. The van der Waals surface area contributed by atoms with Gasteiger partial charge in [-0.2, -0.15) is 0 Å². The topological polar surface area (TPSA) is 79.7 Å². The first kappa shape index (κ1) is 17.3. The van der Waals surface area contributed by atoms with Gasteiger partial charge in [-0.3, -0.25) is 9.59 Å². The van der Waals surface area contributed by atoms with E-state index in [-0.39, 0.29) is 18.7 Å². The van der Waals surface area contributed by atoms with Crippen LogP contribution in [0.4, 0.5) is 0 Å². The monoisotopic (exact) mass is 386 g/mol. The van der Waals surface area contributed by atoms with Crippen LogP contribution in [0.3, 0.4) is 0 Å². The Bertz CT molecular complexity index is 745. The number of carbonyl (C=O) groups is 2. The molecule has 1 amide bonds. The first-order valence-corrected chi connectivity index (χ1v) is 9.40. The average molecular weight is 387 g/mol. The van der Waals surface area contributed by atoms with Crippen LogP contribution in [-0.4, -0.2) is 52.7 Å². The van der Waals surface area contributed by atoms with Crippen molar-refractivity contribution in [3.63, 3.8) is 0 Å². The number of hydrogen-bond acceptors (Lipinski definition) is 6. The molecule has 6 nitrogen and oxygen atoms in total. The van der Waals surface area contributed by atoms with Crippen LogP contribution in [0.2, 0.25) is 4.34 Å². The predicted octanol–water partition coefficient (Wildman–Crippen LogP) is 2.77. The molecular formula is C15H15ClN2O4S2. The molecule has 0 radical (unpaired) electrons. The van der Waals surface area contributed by atoms with Crippen LogP contribution >= 0.6 is 34.3 Å². The summed E-state index contributed by atoms with van der Waals surface area (Å²) in [4.78, 5) is 30.3. The van der Waals surface area contributed by atoms with E-state index in [1.807, 2.05) is 17.5 Å². The lowest BCUT2D eigenvalue weighted by Gasteiger charge is -2.32. The van der Waals surface area contributed by atoms with E-state index in [4.69, 9.17) is 21.4 Å². The minimum atomic E-state index is -0.923. The van der Waals surface area contributed by atoms with Gasteiger partial charge in [0.1, 0.15) is 5.01 Å². The number of ether oxygens (including phenoxy) is 1. The van der Waals surface area contributed by atoms with Gasteiger partial charge in [-0.05, 0) is 12.1 Å². The number of thiophene rings is 1. The van der Waals surface area contributed by atoms with E-state index >= 15 is 0 Å². The highest BCUT2D eigenvalue weighted by Crippen LogP contribution is 2.33. The van der Waals surface area contributed by atoms with Crippen molar-refractivity contribution < 1.29 is 19.4 Å². The molecule has 0 aromatic carbocycles. The second kappa shape index (κ2) is 7.60. The SMILES string of the molecule is O=C(O)C[C@H]1CN(C(=O)Cc2csc(-c3ccc(Cl)s3)n2)CCO1. The van der Waals surface area contributed by atoms with Crippen molar-refractivity contribution in [3.8, 4) is 9.88 Å². The second-order valence-electron chi connectivity index (χ2n) is 5.35. The largest absolute Gasteiger partial charge is 0.481 e. The number of rotatable bonds is 5. The molecule has 1 saturated heterocycles. The minimum Gasteiger partial charge on any atom is -0.481 e. The first-order valence-electron chi connectivity index (χ1n) is 7.32. The summed E-state index contributed by atoms with van der Waals surface area (Å²) in [5.41, 5.74) is 0.714. The van der Waals surface area contributed by atoms with Crippen molar-refractivity contribution in [2.24, 2.45) is 0 Å². The molecule has 0 saturated carbocycles. The summed E-state index contributed by atoms with van der Waals surface area (Å²) < 4.78 is 6.09. The Morgan fingerprint density at radius 3 is 3.00 bits per heavy atom. The third-order valence-electron chi connectivity index (χ3n) is 3.56. The number of thiazole rings is 1. The number of aliphatic carboxylic acids is 1. The zero-order chi connectivity index (χ0) is 17.1. The van der Waals surface area contributed by atoms with Gasteiger partial charge in [0.2, 0.25) is 5.91 Å². The van der Waals surface area contributed by atoms with Crippen molar-refractivity contribution in [2.75, 3.05) is 19.7 Å². The molecule has 0 aliphatic carbocycles. The van der Waals surface area contributed by atoms with E-state index in [0.717, 1.165) is 9.88 Å². The number of carboxylic acid groups (broad SMARTS) is 1. The van der Waals surface area contributed by atoms with Gasteiger partial charge in [0, 0.05) is 18.5 Å². The van der Waals surface area contributed by atoms with Crippen LogP contribution in [0.1, 0.15) is 12.1 Å². The number of aromatic nitrogens is 1. The van der Waals surface area contributed by atoms with Crippen LogP contribution in [0, 0.1) is 0 Å². The molecule has 1 atom stereocenters. The Balaban J connectivity index is 1.60. The van der Waals surface area contributed by atoms with E-state index in [0.29, 0.717) is 29.7 Å². The molecule has 24 heavy (non-hydrogen) atoms. The Morgan fingerprint density at radius 1 is 1.46 bits per heavy atom. The number of carbonyl (C=O) groups excluding carboxylic acids is 1. The predicted molar refractivity (Wildman–Crippen MR) is 92.7 cm³/mol. The fourth-order valence-electron chi connectivity index (χ4n) is 2.46. The highest BCUT2D eigenvalue weighted by molar-refractivity contribution is 7.23. The maximum absolute atomic E-state index is 12.4. The van der Waals surface area contributed by atoms with E-state index < -0.39 is 12.1 Å². The normalized spacial score (nSPS) is 17.9. The van der Waals surface area contributed by atoms with Crippen molar-refractivity contribution in [2.45, 2.75) is 18.9 Å². The van der Waals surface area contributed by atoms with Gasteiger partial charge >= 0.3 is 5.97 Å². The summed E-state index contributed by atoms with van der Waals surface area (Å²) >= 11 is 8.87. The summed E-state index contributed by atoms with van der Waals surface area (Å²) in [5, 5.41) is 11.6. The molecule has 3 heterocycles. The number of carboxylic acids is 1. The highest BCUT2D eigenvalue weighted by Gasteiger charge is 2.26. The smallest absolute Gasteiger partial charge is 0.306 e. The maximum atomic E-state index is 12.4. The molecule has 2 aromatic heterocycles. The van der Waals surface area contributed by atoms with Crippen LogP contribution in [0.25, 0.3) is 9.88 Å². The fourth-order valence-corrected chi connectivity index (χ4v) is 4.40. The van der Waals surface area contributed by atoms with E-state index in [2.05, 4.69) is 4.98 Å². The van der Waals surface area contributed by atoms with Gasteiger partial charge in [0.05, 0.1) is 40.5 Å². The lowest BCUT2D eigenvalue weighted by Crippen LogP contribution is -2.46. The number of hydrogen-bond donors (Lipinski definition) is 1. The zero-order valence-corrected chi connectivity index (χ0v) is 15.0. The summed E-state index contributed by atoms with van der Waals surface area (Å²) in [6.45, 7) is 1.15. The molecule has 0 bridgehead atoms. The first-order chi connectivity index (χ1) is 11.5. The van der Waals surface area contributed by atoms with Crippen LogP contribution < -0.4 is 0 Å². The molecule has 9 heteroatoms. The molecule has 1 aliphatic rings. The van der Waals surface area contributed by atoms with Crippen molar-refractivity contribution in [3.05, 3.63) is 27.5 Å². The van der Waals surface area contributed by atoms with Crippen LogP contribution in [-0.2, 0) is 20.7 Å². The Kier molecular flexibility index (Phi) is 5.50. The van der Waals surface area contributed by atoms with E-state index in [1.54, 1.807) is 4.90 Å². The van der Waals surface area contributed by atoms with Crippen LogP contribution in [0.5, 0.6) is 0 Å². The van der Waals surface area contributed by atoms with Gasteiger partial charge in [0.25, 0.3) is 0 Å². The fraction of sp³-hybridized carbons (Fsp3) is 0.400. The maximum Gasteiger partial charge on any atom is 0.306 e. The summed E-state index contributed by atoms with van der Waals surface area (Å²) in [6, 6.07) is 3.74. The number of morpholine rings is 1.